The van der Waals surface area contributed by atoms with Crippen molar-refractivity contribution in [2.75, 3.05) is 16.2 Å². The quantitative estimate of drug-likeness (QED) is 0.464. The highest BCUT2D eigenvalue weighted by Crippen LogP contribution is 2.44. The molecule has 2 aromatic carbocycles. The highest BCUT2D eigenvalue weighted by Gasteiger charge is 2.51. The number of alkyl halides is 3. The van der Waals surface area contributed by atoms with E-state index in [1.165, 1.54) is 31.2 Å². The molecule has 0 unspecified atom stereocenters. The Morgan fingerprint density at radius 2 is 1.74 bits per heavy atom. The van der Waals surface area contributed by atoms with E-state index in [9.17, 15) is 31.6 Å². The molecule has 1 aliphatic heterocycles. The number of aryl methyl sites for hydroxylation is 1. The molecule has 0 spiro atoms. The fourth-order valence-corrected chi connectivity index (χ4v) is 5.48. The molecule has 38 heavy (non-hydrogen) atoms. The smallest absolute Gasteiger partial charge is 0.427 e. The first-order valence-electron chi connectivity index (χ1n) is 11.8. The van der Waals surface area contributed by atoms with E-state index >= 15 is 0 Å². The first-order chi connectivity index (χ1) is 17.4. The van der Waals surface area contributed by atoms with Gasteiger partial charge in [0.15, 0.2) is 0 Å². The molecule has 1 atom stereocenters. The zero-order valence-corrected chi connectivity index (χ0v) is 22.7. The lowest BCUT2D eigenvalue weighted by Crippen LogP contribution is -2.45. The molecule has 12 heteroatoms. The molecular weight excluding hydrogens is 523 g/mol. The van der Waals surface area contributed by atoms with Crippen LogP contribution in [0.4, 0.5) is 29.3 Å². The summed E-state index contributed by atoms with van der Waals surface area (Å²) in [6, 6.07) is 11.3. The lowest BCUT2D eigenvalue weighted by atomic mass is 9.88. The Morgan fingerprint density at radius 3 is 2.29 bits per heavy atom. The first-order valence-corrected chi connectivity index (χ1v) is 13.2. The van der Waals surface area contributed by atoms with Crippen LogP contribution in [0.2, 0.25) is 0 Å². The third-order valence-electron chi connectivity index (χ3n) is 6.22. The van der Waals surface area contributed by atoms with Gasteiger partial charge in [-0.1, -0.05) is 17.7 Å². The Balaban J connectivity index is 2.05. The van der Waals surface area contributed by atoms with Gasteiger partial charge in [0.05, 0.1) is 28.6 Å². The van der Waals surface area contributed by atoms with Crippen LogP contribution in [0.15, 0.2) is 41.3 Å². The molecule has 2 aromatic rings. The summed E-state index contributed by atoms with van der Waals surface area (Å²) in [6.45, 7) is 8.10. The number of sulfonamides is 1. The number of benzene rings is 2. The second-order valence-electron chi connectivity index (χ2n) is 10.4. The third kappa shape index (κ3) is 5.99. The Morgan fingerprint density at radius 1 is 1.13 bits per heavy atom. The fourth-order valence-electron chi connectivity index (χ4n) is 3.91. The molecular formula is C26H30F3N3O5S. The summed E-state index contributed by atoms with van der Waals surface area (Å²) in [5, 5.41) is 11.8. The van der Waals surface area contributed by atoms with Crippen LogP contribution in [0.5, 0.6) is 5.75 Å². The maximum Gasteiger partial charge on any atom is 0.427 e. The summed E-state index contributed by atoms with van der Waals surface area (Å²) in [5.74, 6) is 0.192. The number of rotatable bonds is 6. The zero-order chi connectivity index (χ0) is 28.7. The van der Waals surface area contributed by atoms with Crippen LogP contribution >= 0.6 is 0 Å². The van der Waals surface area contributed by atoms with E-state index in [-0.39, 0.29) is 40.5 Å². The van der Waals surface area contributed by atoms with Crippen molar-refractivity contribution < 1.29 is 35.9 Å². The van der Waals surface area contributed by atoms with Gasteiger partial charge in [-0.3, -0.25) is 9.62 Å². The van der Waals surface area contributed by atoms with Crippen LogP contribution in [-0.2, 0) is 14.8 Å². The van der Waals surface area contributed by atoms with E-state index in [1.54, 1.807) is 26.0 Å². The molecule has 206 valence electrons. The lowest BCUT2D eigenvalue weighted by molar-refractivity contribution is -0.242. The molecule has 0 radical (unpaired) electrons. The molecule has 0 aliphatic carbocycles. The highest BCUT2D eigenvalue weighted by molar-refractivity contribution is 7.92. The number of carbonyl (C=O) groups is 1. The van der Waals surface area contributed by atoms with Crippen molar-refractivity contribution in [1.29, 1.82) is 5.26 Å². The van der Waals surface area contributed by atoms with E-state index in [0.717, 1.165) is 23.7 Å². The van der Waals surface area contributed by atoms with Crippen LogP contribution < -0.4 is 14.4 Å². The molecule has 3 rings (SSSR count). The molecule has 0 bridgehead atoms. The van der Waals surface area contributed by atoms with Crippen molar-refractivity contribution >= 4 is 27.5 Å². The number of carbonyl (C=O) groups excluding carboxylic acids is 1. The maximum atomic E-state index is 13.8. The number of fused-ring (bicyclic) bond motifs is 1. The van der Waals surface area contributed by atoms with Gasteiger partial charge < -0.3 is 9.47 Å². The van der Waals surface area contributed by atoms with Crippen LogP contribution in [0.1, 0.15) is 45.2 Å². The van der Waals surface area contributed by atoms with Crippen molar-refractivity contribution in [3.8, 4) is 11.8 Å². The summed E-state index contributed by atoms with van der Waals surface area (Å²) < 4.78 is 78.9. The molecule has 8 nitrogen and oxygen atoms in total. The minimum atomic E-state index is -4.80. The van der Waals surface area contributed by atoms with Crippen LogP contribution in [0.3, 0.4) is 0 Å². The zero-order valence-electron chi connectivity index (χ0n) is 21.9. The number of nitriles is 1. The molecule has 1 amide bonds. The third-order valence-corrected chi connectivity index (χ3v) is 8.00. The summed E-state index contributed by atoms with van der Waals surface area (Å²) in [5.41, 5.74) is -2.25. The number of halogens is 3. The molecule has 1 aliphatic rings. The second kappa shape index (κ2) is 10.0. The lowest BCUT2D eigenvalue weighted by Gasteiger charge is -2.38. The Hall–Kier alpha value is -3.46. The standard InChI is InChI=1S/C26H30F3N3O5S/c1-16-7-9-19(10-8-16)38(34,35)32-14-18(13-24(3,4)15-30)36-21-12-11-20(17(2)22(21)32)31-23(33)37-25(5,6)26(27,28)29/h7-12,18H,13-14H2,1-6H3,(H,31,33)/t18-/m0/s1. The molecule has 0 aromatic heterocycles. The summed E-state index contributed by atoms with van der Waals surface area (Å²) >= 11 is 0. The second-order valence-corrected chi connectivity index (χ2v) is 12.3. The molecule has 1 heterocycles. The number of hydrogen-bond donors (Lipinski definition) is 1. The van der Waals surface area contributed by atoms with E-state index in [2.05, 4.69) is 16.1 Å². The van der Waals surface area contributed by atoms with E-state index in [1.807, 2.05) is 6.92 Å². The molecule has 0 saturated heterocycles. The van der Waals surface area contributed by atoms with Gasteiger partial charge in [-0.05, 0) is 65.8 Å². The number of nitrogens with one attached hydrogen (secondary N) is 1. The van der Waals surface area contributed by atoms with E-state index < -0.39 is 39.4 Å². The normalized spacial score (nSPS) is 16.2. The molecule has 0 fully saturated rings. The van der Waals surface area contributed by atoms with Gasteiger partial charge >= 0.3 is 12.3 Å². The number of hydrogen-bond acceptors (Lipinski definition) is 6. The van der Waals surface area contributed by atoms with Gasteiger partial charge in [-0.15, -0.1) is 0 Å². The van der Waals surface area contributed by atoms with Crippen LogP contribution in [0, 0.1) is 30.6 Å². The van der Waals surface area contributed by atoms with Gasteiger partial charge in [0.1, 0.15) is 11.9 Å². The largest absolute Gasteiger partial charge is 0.486 e. The summed E-state index contributed by atoms with van der Waals surface area (Å²) in [7, 11) is -4.13. The van der Waals surface area contributed by atoms with E-state index in [0.29, 0.717) is 0 Å². The van der Waals surface area contributed by atoms with Gasteiger partial charge in [-0.25, -0.2) is 13.2 Å². The van der Waals surface area contributed by atoms with E-state index in [4.69, 9.17) is 4.74 Å². The first kappa shape index (κ1) is 29.1. The van der Waals surface area contributed by atoms with Gasteiger partial charge in [-0.2, -0.15) is 18.4 Å². The van der Waals surface area contributed by atoms with Crippen LogP contribution in [-0.4, -0.2) is 38.9 Å². The average Bonchev–Trinajstić information content (AvgIpc) is 2.79. The van der Waals surface area contributed by atoms with Gasteiger partial charge in [0.2, 0.25) is 5.60 Å². The number of amides is 1. The Bertz CT molecular complexity index is 1360. The maximum absolute atomic E-state index is 13.8. The van der Waals surface area contributed by atoms with Gasteiger partial charge in [0.25, 0.3) is 10.0 Å². The van der Waals surface area contributed by atoms with Crippen molar-refractivity contribution in [2.24, 2.45) is 5.41 Å². The van der Waals surface area contributed by atoms with Crippen molar-refractivity contribution in [2.45, 2.75) is 70.7 Å². The van der Waals surface area contributed by atoms with Crippen molar-refractivity contribution in [3.63, 3.8) is 0 Å². The average molecular weight is 554 g/mol. The minimum Gasteiger partial charge on any atom is -0.486 e. The summed E-state index contributed by atoms with van der Waals surface area (Å²) in [6.07, 6.45) is -6.57. The predicted octanol–water partition coefficient (Wildman–Crippen LogP) is 6.09. The van der Waals surface area contributed by atoms with Crippen molar-refractivity contribution in [3.05, 3.63) is 47.5 Å². The summed E-state index contributed by atoms with van der Waals surface area (Å²) in [4.78, 5) is 12.4. The number of ether oxygens (including phenoxy) is 2. The number of nitrogens with zero attached hydrogens (tertiary/aromatic N) is 2. The predicted molar refractivity (Wildman–Crippen MR) is 136 cm³/mol. The van der Waals surface area contributed by atoms with Gasteiger partial charge in [0, 0.05) is 17.7 Å². The SMILES string of the molecule is Cc1ccc(S(=O)(=O)N2C[C@H](CC(C)(C)C#N)Oc3ccc(NC(=O)OC(C)(C)C(F)(F)F)c(C)c32)cc1. The topological polar surface area (TPSA) is 109 Å². The monoisotopic (exact) mass is 553 g/mol. The molecule has 0 saturated carbocycles. The Labute approximate surface area is 220 Å². The molecule has 1 N–H and O–H groups in total. The highest BCUT2D eigenvalue weighted by atomic mass is 32.2. The minimum absolute atomic E-state index is 0.0262. The van der Waals surface area contributed by atoms with Crippen LogP contribution in [0.25, 0.3) is 0 Å². The number of anilines is 2. The Kier molecular flexibility index (Phi) is 7.67. The van der Waals surface area contributed by atoms with Crippen molar-refractivity contribution in [1.82, 2.24) is 0 Å². The fraction of sp³-hybridized carbons (Fsp3) is 0.462.